The van der Waals surface area contributed by atoms with E-state index in [-0.39, 0.29) is 0 Å². The third-order valence-corrected chi connectivity index (χ3v) is 5.33. The summed E-state index contributed by atoms with van der Waals surface area (Å²) in [5, 5.41) is 2.65. The highest BCUT2D eigenvalue weighted by Gasteiger charge is 2.37. The first-order valence-electron chi connectivity index (χ1n) is 7.69. The minimum atomic E-state index is -3.46. The fourth-order valence-corrected chi connectivity index (χ4v) is 3.74. The van der Waals surface area contributed by atoms with Gasteiger partial charge in [-0.3, -0.25) is 9.59 Å². The molecule has 1 unspecified atom stereocenters. The highest BCUT2D eigenvalue weighted by Crippen LogP contribution is 2.21. The second kappa shape index (κ2) is 7.31. The molecule has 0 spiro atoms. The van der Waals surface area contributed by atoms with Gasteiger partial charge in [0.1, 0.15) is 6.04 Å². The van der Waals surface area contributed by atoms with E-state index >= 15 is 0 Å². The Morgan fingerprint density at radius 1 is 1.29 bits per heavy atom. The largest absolute Gasteiger partial charge is 0.454 e. The van der Waals surface area contributed by atoms with Crippen LogP contribution in [0.1, 0.15) is 24.0 Å². The monoisotopic (exact) mass is 354 g/mol. The Labute approximate surface area is 142 Å². The summed E-state index contributed by atoms with van der Waals surface area (Å²) in [4.78, 5) is 23.9. The summed E-state index contributed by atoms with van der Waals surface area (Å²) in [6, 6.07) is 4.65. The number of aryl methyl sites for hydroxylation is 2. The summed E-state index contributed by atoms with van der Waals surface area (Å²) >= 11 is 0. The standard InChI is InChI=1S/C16H22N2O5S/c1-11-6-7-13(9-12(11)2)17-15(19)10-23-16(20)14-5-4-8-18(14)24(3,21)22/h6-7,9,14H,4-5,8,10H2,1-3H3,(H,17,19). The van der Waals surface area contributed by atoms with Crippen molar-refractivity contribution in [1.29, 1.82) is 0 Å². The zero-order valence-corrected chi connectivity index (χ0v) is 14.9. The van der Waals surface area contributed by atoms with Crippen LogP contribution in [-0.2, 0) is 24.3 Å². The molecule has 0 aliphatic carbocycles. The lowest BCUT2D eigenvalue weighted by atomic mass is 10.1. The molecule has 1 saturated heterocycles. The second-order valence-corrected chi connectivity index (χ2v) is 7.92. The van der Waals surface area contributed by atoms with E-state index in [0.29, 0.717) is 25.1 Å². The molecule has 1 aliphatic rings. The molecule has 132 valence electrons. The average Bonchev–Trinajstić information content (AvgIpc) is 2.98. The van der Waals surface area contributed by atoms with E-state index in [1.807, 2.05) is 26.0 Å². The Morgan fingerprint density at radius 3 is 2.62 bits per heavy atom. The molecular weight excluding hydrogens is 332 g/mol. The Bertz CT molecular complexity index is 745. The van der Waals surface area contributed by atoms with Gasteiger partial charge in [-0.2, -0.15) is 4.31 Å². The summed E-state index contributed by atoms with van der Waals surface area (Å²) in [6.07, 6.45) is 2.07. The predicted molar refractivity (Wildman–Crippen MR) is 90.1 cm³/mol. The van der Waals surface area contributed by atoms with E-state index in [2.05, 4.69) is 5.32 Å². The number of amides is 1. The maximum Gasteiger partial charge on any atom is 0.324 e. The van der Waals surface area contributed by atoms with Gasteiger partial charge in [-0.15, -0.1) is 0 Å². The maximum atomic E-state index is 12.0. The van der Waals surface area contributed by atoms with Crippen LogP contribution in [0.25, 0.3) is 0 Å². The third-order valence-electron chi connectivity index (χ3n) is 4.04. The lowest BCUT2D eigenvalue weighted by Gasteiger charge is -2.20. The van der Waals surface area contributed by atoms with Gasteiger partial charge in [-0.25, -0.2) is 8.42 Å². The van der Waals surface area contributed by atoms with Crippen LogP contribution in [0.4, 0.5) is 5.69 Å². The number of rotatable bonds is 5. The molecule has 0 bridgehead atoms. The summed E-state index contributed by atoms with van der Waals surface area (Å²) in [5.41, 5.74) is 2.78. The van der Waals surface area contributed by atoms with E-state index < -0.39 is 34.5 Å². The molecule has 1 aromatic rings. The zero-order valence-electron chi connectivity index (χ0n) is 14.0. The van der Waals surface area contributed by atoms with E-state index in [1.165, 1.54) is 0 Å². The molecule has 0 aromatic heterocycles. The summed E-state index contributed by atoms with van der Waals surface area (Å²) in [5.74, 6) is -1.15. The molecule has 1 N–H and O–H groups in total. The molecule has 2 rings (SSSR count). The number of carbonyl (C=O) groups excluding carboxylic acids is 2. The fraction of sp³-hybridized carbons (Fsp3) is 0.500. The highest BCUT2D eigenvalue weighted by molar-refractivity contribution is 7.88. The number of sulfonamides is 1. The van der Waals surface area contributed by atoms with Crippen LogP contribution in [-0.4, -0.2) is 50.0 Å². The second-order valence-electron chi connectivity index (χ2n) is 5.99. The van der Waals surface area contributed by atoms with Crippen molar-refractivity contribution < 1.29 is 22.7 Å². The molecule has 0 saturated carbocycles. The molecule has 8 heteroatoms. The van der Waals surface area contributed by atoms with Crippen LogP contribution in [0.2, 0.25) is 0 Å². The molecule has 24 heavy (non-hydrogen) atoms. The zero-order chi connectivity index (χ0) is 17.9. The van der Waals surface area contributed by atoms with Crippen molar-refractivity contribution in [1.82, 2.24) is 4.31 Å². The summed E-state index contributed by atoms with van der Waals surface area (Å²) in [6.45, 7) is 3.76. The lowest BCUT2D eigenvalue weighted by molar-refractivity contribution is -0.150. The molecule has 1 heterocycles. The topological polar surface area (TPSA) is 92.8 Å². The van der Waals surface area contributed by atoms with Crippen molar-refractivity contribution in [3.8, 4) is 0 Å². The Balaban J connectivity index is 1.89. The van der Waals surface area contributed by atoms with Gasteiger partial charge in [0.25, 0.3) is 5.91 Å². The lowest BCUT2D eigenvalue weighted by Crippen LogP contribution is -2.41. The fourth-order valence-electron chi connectivity index (χ4n) is 2.62. The Morgan fingerprint density at radius 2 is 2.00 bits per heavy atom. The summed E-state index contributed by atoms with van der Waals surface area (Å²) in [7, 11) is -3.46. The van der Waals surface area contributed by atoms with E-state index in [0.717, 1.165) is 21.7 Å². The van der Waals surface area contributed by atoms with E-state index in [9.17, 15) is 18.0 Å². The quantitative estimate of drug-likeness (QED) is 0.802. The Hall–Kier alpha value is -1.93. The highest BCUT2D eigenvalue weighted by atomic mass is 32.2. The van der Waals surface area contributed by atoms with Crippen LogP contribution < -0.4 is 5.32 Å². The minimum absolute atomic E-state index is 0.299. The van der Waals surface area contributed by atoms with Gasteiger partial charge in [0.15, 0.2) is 6.61 Å². The van der Waals surface area contributed by atoms with Crippen LogP contribution in [0.5, 0.6) is 0 Å². The van der Waals surface area contributed by atoms with E-state index in [1.54, 1.807) is 6.07 Å². The summed E-state index contributed by atoms with van der Waals surface area (Å²) < 4.78 is 29.4. The smallest absolute Gasteiger partial charge is 0.324 e. The predicted octanol–water partition coefficient (Wildman–Crippen LogP) is 1.21. The van der Waals surface area contributed by atoms with Crippen LogP contribution >= 0.6 is 0 Å². The Kier molecular flexibility index (Phi) is 5.61. The number of esters is 1. The normalized spacial score (nSPS) is 18.4. The number of nitrogens with one attached hydrogen (secondary N) is 1. The first-order chi connectivity index (χ1) is 11.2. The molecule has 1 atom stereocenters. The number of anilines is 1. The van der Waals surface area contributed by atoms with Crippen molar-refractivity contribution in [2.75, 3.05) is 24.7 Å². The van der Waals surface area contributed by atoms with Crippen molar-refractivity contribution >= 4 is 27.6 Å². The number of nitrogens with zero attached hydrogens (tertiary/aromatic N) is 1. The van der Waals surface area contributed by atoms with Crippen molar-refractivity contribution in [3.63, 3.8) is 0 Å². The number of carbonyl (C=O) groups is 2. The van der Waals surface area contributed by atoms with Gasteiger partial charge < -0.3 is 10.1 Å². The molecule has 1 aliphatic heterocycles. The molecule has 7 nitrogen and oxygen atoms in total. The number of ether oxygens (including phenoxy) is 1. The van der Waals surface area contributed by atoms with Crippen LogP contribution in [0.15, 0.2) is 18.2 Å². The van der Waals surface area contributed by atoms with Gasteiger partial charge in [0.05, 0.1) is 6.26 Å². The van der Waals surface area contributed by atoms with Crippen molar-refractivity contribution in [2.24, 2.45) is 0 Å². The first-order valence-corrected chi connectivity index (χ1v) is 9.54. The van der Waals surface area contributed by atoms with Gasteiger partial charge in [-0.05, 0) is 49.9 Å². The molecule has 0 radical (unpaired) electrons. The van der Waals surface area contributed by atoms with E-state index in [4.69, 9.17) is 4.74 Å². The SMILES string of the molecule is Cc1ccc(NC(=O)COC(=O)C2CCCN2S(C)(=O)=O)cc1C. The van der Waals surface area contributed by atoms with Gasteiger partial charge in [0.2, 0.25) is 10.0 Å². The third kappa shape index (κ3) is 4.55. The number of hydrogen-bond acceptors (Lipinski definition) is 5. The number of hydrogen-bond donors (Lipinski definition) is 1. The molecule has 1 fully saturated rings. The molecule has 1 aromatic carbocycles. The maximum absolute atomic E-state index is 12.0. The van der Waals surface area contributed by atoms with Crippen molar-refractivity contribution in [2.45, 2.75) is 32.7 Å². The van der Waals surface area contributed by atoms with Crippen LogP contribution in [0, 0.1) is 13.8 Å². The average molecular weight is 354 g/mol. The first kappa shape index (κ1) is 18.4. The minimum Gasteiger partial charge on any atom is -0.454 e. The van der Waals surface area contributed by atoms with Crippen molar-refractivity contribution in [3.05, 3.63) is 29.3 Å². The van der Waals surface area contributed by atoms with Gasteiger partial charge in [0, 0.05) is 12.2 Å². The molecular formula is C16H22N2O5S. The molecule has 1 amide bonds. The van der Waals surface area contributed by atoms with Gasteiger partial charge in [-0.1, -0.05) is 6.07 Å². The van der Waals surface area contributed by atoms with Crippen LogP contribution in [0.3, 0.4) is 0 Å². The van der Waals surface area contributed by atoms with Gasteiger partial charge >= 0.3 is 5.97 Å². The number of benzene rings is 1.